The number of nitrogen functional groups attached to an aromatic ring is 1. The molecule has 4 rings (SSSR count). The molecular formula is C29H33N5O8. The molecule has 0 bridgehead atoms. The largest absolute Gasteiger partial charge is 0.495 e. The number of nitrogens with one attached hydrogen (secondary N) is 3. The Kier molecular flexibility index (Phi) is 9.73. The molecule has 42 heavy (non-hydrogen) atoms. The summed E-state index contributed by atoms with van der Waals surface area (Å²) in [5.41, 5.74) is 6.76. The number of carbonyl (C=O) groups excluding carboxylic acids is 6. The van der Waals surface area contributed by atoms with Gasteiger partial charge in [-0.05, 0) is 49.6 Å². The minimum Gasteiger partial charge on any atom is -0.495 e. The van der Waals surface area contributed by atoms with E-state index in [4.69, 9.17) is 15.2 Å². The van der Waals surface area contributed by atoms with Crippen molar-refractivity contribution in [3.8, 4) is 11.5 Å². The van der Waals surface area contributed by atoms with E-state index in [1.807, 2.05) is 0 Å². The summed E-state index contributed by atoms with van der Waals surface area (Å²) in [4.78, 5) is 75.2. The minimum atomic E-state index is -1.09. The summed E-state index contributed by atoms with van der Waals surface area (Å²) in [7, 11) is 1.49. The number of nitrogens with zero attached hydrogens (tertiary/aromatic N) is 1. The number of unbranched alkanes of at least 4 members (excludes halogenated alkanes) is 3. The number of fused-ring (bicyclic) bond motifs is 1. The van der Waals surface area contributed by atoms with E-state index in [-0.39, 0.29) is 42.2 Å². The second-order valence-electron chi connectivity index (χ2n) is 9.89. The van der Waals surface area contributed by atoms with Crippen LogP contribution in [-0.2, 0) is 14.4 Å². The molecule has 6 amide bonds. The van der Waals surface area contributed by atoms with Crippen LogP contribution in [0.15, 0.2) is 36.4 Å². The molecule has 2 aromatic carbocycles. The van der Waals surface area contributed by atoms with E-state index in [1.165, 1.54) is 25.3 Å². The summed E-state index contributed by atoms with van der Waals surface area (Å²) in [6, 6.07) is 8.23. The number of imide groups is 2. The Morgan fingerprint density at radius 2 is 1.71 bits per heavy atom. The van der Waals surface area contributed by atoms with Crippen LogP contribution in [0.3, 0.4) is 0 Å². The number of rotatable bonds is 13. The normalized spacial score (nSPS) is 16.1. The van der Waals surface area contributed by atoms with Gasteiger partial charge in [0.15, 0.2) is 6.61 Å². The molecule has 13 heteroatoms. The Morgan fingerprint density at radius 3 is 2.43 bits per heavy atom. The molecule has 0 spiro atoms. The quantitative estimate of drug-likeness (QED) is 0.153. The number of carbonyl (C=O) groups is 6. The maximum absolute atomic E-state index is 13.1. The van der Waals surface area contributed by atoms with E-state index in [0.29, 0.717) is 30.1 Å². The Morgan fingerprint density at radius 1 is 0.976 bits per heavy atom. The number of anilines is 1. The molecule has 2 aliphatic rings. The fourth-order valence-electron chi connectivity index (χ4n) is 4.79. The third-order valence-electron chi connectivity index (χ3n) is 7.00. The van der Waals surface area contributed by atoms with Gasteiger partial charge in [-0.2, -0.15) is 0 Å². The lowest BCUT2D eigenvalue weighted by molar-refractivity contribution is -0.136. The smallest absolute Gasteiger partial charge is 0.266 e. The zero-order chi connectivity index (χ0) is 30.2. The number of benzene rings is 2. The van der Waals surface area contributed by atoms with E-state index < -0.39 is 35.6 Å². The Labute approximate surface area is 242 Å². The van der Waals surface area contributed by atoms with Crippen LogP contribution in [0.1, 0.15) is 69.6 Å². The van der Waals surface area contributed by atoms with Crippen LogP contribution in [0.2, 0.25) is 0 Å². The van der Waals surface area contributed by atoms with Crippen molar-refractivity contribution in [1.82, 2.24) is 20.9 Å². The first-order chi connectivity index (χ1) is 20.2. The van der Waals surface area contributed by atoms with Crippen molar-refractivity contribution in [1.29, 1.82) is 0 Å². The van der Waals surface area contributed by atoms with E-state index in [0.717, 1.165) is 30.6 Å². The molecule has 222 valence electrons. The number of hydrogen-bond donors (Lipinski definition) is 4. The van der Waals surface area contributed by atoms with Crippen LogP contribution in [-0.4, -0.2) is 73.2 Å². The molecule has 2 aromatic rings. The van der Waals surface area contributed by atoms with E-state index >= 15 is 0 Å². The minimum absolute atomic E-state index is 0.0115. The van der Waals surface area contributed by atoms with E-state index in [9.17, 15) is 28.8 Å². The van der Waals surface area contributed by atoms with Crippen molar-refractivity contribution >= 4 is 41.1 Å². The molecule has 2 aliphatic heterocycles. The predicted octanol–water partition coefficient (Wildman–Crippen LogP) is 1.16. The molecule has 1 saturated heterocycles. The van der Waals surface area contributed by atoms with Gasteiger partial charge in [0.05, 0.1) is 23.9 Å². The first kappa shape index (κ1) is 30.0. The molecule has 1 unspecified atom stereocenters. The van der Waals surface area contributed by atoms with Crippen molar-refractivity contribution in [2.45, 2.75) is 44.6 Å². The second kappa shape index (κ2) is 13.6. The number of piperidine rings is 1. The van der Waals surface area contributed by atoms with E-state index in [1.54, 1.807) is 18.2 Å². The highest BCUT2D eigenvalue weighted by Gasteiger charge is 2.46. The lowest BCUT2D eigenvalue weighted by Crippen LogP contribution is -2.54. The van der Waals surface area contributed by atoms with Crippen LogP contribution < -0.4 is 31.2 Å². The predicted molar refractivity (Wildman–Crippen MR) is 150 cm³/mol. The molecule has 0 radical (unpaired) electrons. The van der Waals surface area contributed by atoms with Crippen molar-refractivity contribution in [3.63, 3.8) is 0 Å². The molecule has 1 atom stereocenters. The first-order valence-corrected chi connectivity index (χ1v) is 13.7. The van der Waals surface area contributed by atoms with Crippen molar-refractivity contribution in [2.24, 2.45) is 0 Å². The van der Waals surface area contributed by atoms with Gasteiger partial charge < -0.3 is 25.8 Å². The first-order valence-electron chi connectivity index (χ1n) is 13.7. The van der Waals surface area contributed by atoms with Crippen LogP contribution in [0.25, 0.3) is 0 Å². The summed E-state index contributed by atoms with van der Waals surface area (Å²) in [5, 5.41) is 7.76. The number of methoxy groups -OCH3 is 1. The van der Waals surface area contributed by atoms with Gasteiger partial charge in [0.1, 0.15) is 17.5 Å². The topological polar surface area (TPSA) is 186 Å². The van der Waals surface area contributed by atoms with Crippen LogP contribution in [0.5, 0.6) is 11.5 Å². The zero-order valence-corrected chi connectivity index (χ0v) is 23.2. The molecule has 13 nitrogen and oxygen atoms in total. The molecular weight excluding hydrogens is 546 g/mol. The summed E-state index contributed by atoms with van der Waals surface area (Å²) in [6.07, 6.45) is 3.26. The SMILES string of the molecule is COc1cc(C(=O)NCCCCCCNC(=O)COc2cccc3c2C(=O)N(C2CCC(=O)NC2=O)C3=O)ccc1N. The van der Waals surface area contributed by atoms with Crippen molar-refractivity contribution < 1.29 is 38.2 Å². The third-order valence-corrected chi connectivity index (χ3v) is 7.00. The lowest BCUT2D eigenvalue weighted by Gasteiger charge is -2.27. The average molecular weight is 580 g/mol. The fourth-order valence-corrected chi connectivity index (χ4v) is 4.79. The second-order valence-corrected chi connectivity index (χ2v) is 9.89. The van der Waals surface area contributed by atoms with Gasteiger partial charge in [-0.25, -0.2) is 0 Å². The van der Waals surface area contributed by atoms with Crippen molar-refractivity contribution in [2.75, 3.05) is 32.5 Å². The summed E-state index contributed by atoms with van der Waals surface area (Å²) < 4.78 is 10.7. The maximum atomic E-state index is 13.1. The summed E-state index contributed by atoms with van der Waals surface area (Å²) >= 11 is 0. The number of hydrogen-bond acceptors (Lipinski definition) is 9. The van der Waals surface area contributed by atoms with Gasteiger partial charge in [0.2, 0.25) is 11.8 Å². The Hall–Kier alpha value is -4.94. The van der Waals surface area contributed by atoms with Crippen LogP contribution in [0, 0.1) is 0 Å². The highest BCUT2D eigenvalue weighted by molar-refractivity contribution is 6.24. The zero-order valence-electron chi connectivity index (χ0n) is 23.2. The molecule has 5 N–H and O–H groups in total. The van der Waals surface area contributed by atoms with Gasteiger partial charge in [-0.1, -0.05) is 18.9 Å². The van der Waals surface area contributed by atoms with Gasteiger partial charge >= 0.3 is 0 Å². The highest BCUT2D eigenvalue weighted by Crippen LogP contribution is 2.33. The summed E-state index contributed by atoms with van der Waals surface area (Å²) in [5.74, 6) is -2.60. The monoisotopic (exact) mass is 579 g/mol. The molecule has 2 heterocycles. The number of amides is 6. The third kappa shape index (κ3) is 6.85. The molecule has 0 saturated carbocycles. The lowest BCUT2D eigenvalue weighted by atomic mass is 10.0. The number of nitrogens with two attached hydrogens (primary N) is 1. The molecule has 0 aromatic heterocycles. The van der Waals surface area contributed by atoms with Gasteiger partial charge in [0.25, 0.3) is 23.6 Å². The van der Waals surface area contributed by atoms with Crippen molar-refractivity contribution in [3.05, 3.63) is 53.1 Å². The van der Waals surface area contributed by atoms with E-state index in [2.05, 4.69) is 16.0 Å². The average Bonchev–Trinajstić information content (AvgIpc) is 3.23. The molecule has 0 aliphatic carbocycles. The van der Waals surface area contributed by atoms with Gasteiger partial charge in [-0.15, -0.1) is 0 Å². The summed E-state index contributed by atoms with van der Waals surface area (Å²) in [6.45, 7) is 0.570. The maximum Gasteiger partial charge on any atom is 0.266 e. The number of ether oxygens (including phenoxy) is 2. The standard InChI is InChI=1S/C29H33N5O8/c1-41-22-15-17(9-10-19(22)30)26(37)32-14-5-3-2-4-13-31-24(36)16-42-21-8-6-7-18-25(21)29(40)34(28(18)39)20-11-12-23(35)33-27(20)38/h6-10,15,20H,2-5,11-14,16,30H2,1H3,(H,31,36)(H,32,37)(H,33,35,38). The van der Waals surface area contributed by atoms with Crippen LogP contribution >= 0.6 is 0 Å². The van der Waals surface area contributed by atoms with Gasteiger partial charge in [0, 0.05) is 25.1 Å². The Balaban J connectivity index is 1.15. The van der Waals surface area contributed by atoms with Crippen LogP contribution in [0.4, 0.5) is 5.69 Å². The fraction of sp³-hybridized carbons (Fsp3) is 0.379. The highest BCUT2D eigenvalue weighted by atomic mass is 16.5. The Bertz CT molecular complexity index is 1410. The van der Waals surface area contributed by atoms with Gasteiger partial charge in [-0.3, -0.25) is 39.0 Å². The molecule has 1 fully saturated rings.